The van der Waals surface area contributed by atoms with Crippen molar-refractivity contribution in [3.8, 4) is 17.0 Å². The van der Waals surface area contributed by atoms with E-state index in [4.69, 9.17) is 9.47 Å². The lowest BCUT2D eigenvalue weighted by Crippen LogP contribution is -2.32. The molecule has 2 atom stereocenters. The number of hydrogen-bond acceptors (Lipinski definition) is 7. The van der Waals surface area contributed by atoms with E-state index in [-0.39, 0.29) is 30.1 Å². The molecule has 4 rings (SSSR count). The number of thiophene rings is 1. The lowest BCUT2D eigenvalue weighted by atomic mass is 9.81. The standard InChI is InChI=1S/C28H30N2O5S/c1-28(2,3)16-22(31)23-24(21-6-5-12-29-26(21)35-14-13-34-4)30(27(33)25(23)32)20-9-7-18(8-10-20)19-11-15-36-17-19/h5-12,15,17,23-24H,13-14,16H2,1-4H3. The van der Waals surface area contributed by atoms with Gasteiger partial charge in [-0.05, 0) is 57.6 Å². The van der Waals surface area contributed by atoms with Crippen LogP contribution in [-0.4, -0.2) is 42.8 Å². The van der Waals surface area contributed by atoms with Gasteiger partial charge in [-0.15, -0.1) is 0 Å². The molecule has 7 nitrogen and oxygen atoms in total. The molecule has 0 aliphatic carbocycles. The molecule has 2 aromatic heterocycles. The van der Waals surface area contributed by atoms with Crippen LogP contribution >= 0.6 is 11.3 Å². The zero-order chi connectivity index (χ0) is 25.9. The molecule has 36 heavy (non-hydrogen) atoms. The van der Waals surface area contributed by atoms with Crippen molar-refractivity contribution in [3.05, 3.63) is 65.0 Å². The fraction of sp³-hybridized carbons (Fsp3) is 0.357. The van der Waals surface area contributed by atoms with E-state index in [1.807, 2.05) is 61.9 Å². The highest BCUT2D eigenvalue weighted by atomic mass is 32.1. The molecule has 2 unspecified atom stereocenters. The smallest absolute Gasteiger partial charge is 0.295 e. The van der Waals surface area contributed by atoms with Crippen molar-refractivity contribution >= 4 is 34.5 Å². The van der Waals surface area contributed by atoms with Gasteiger partial charge in [0.25, 0.3) is 5.91 Å². The highest BCUT2D eigenvalue weighted by molar-refractivity contribution is 7.08. The zero-order valence-electron chi connectivity index (χ0n) is 20.9. The van der Waals surface area contributed by atoms with Gasteiger partial charge in [-0.2, -0.15) is 11.3 Å². The number of hydrogen-bond donors (Lipinski definition) is 0. The summed E-state index contributed by atoms with van der Waals surface area (Å²) in [6.07, 6.45) is 1.74. The lowest BCUT2D eigenvalue weighted by molar-refractivity contribution is -0.139. The first-order valence-electron chi connectivity index (χ1n) is 11.8. The zero-order valence-corrected chi connectivity index (χ0v) is 21.7. The Morgan fingerprint density at radius 1 is 1.06 bits per heavy atom. The minimum Gasteiger partial charge on any atom is -0.475 e. The highest BCUT2D eigenvalue weighted by Gasteiger charge is 2.53. The number of rotatable bonds is 9. The largest absolute Gasteiger partial charge is 0.475 e. The Kier molecular flexibility index (Phi) is 7.66. The molecule has 3 aromatic rings. The number of anilines is 1. The Morgan fingerprint density at radius 2 is 1.81 bits per heavy atom. The van der Waals surface area contributed by atoms with Gasteiger partial charge in [0.05, 0.1) is 12.6 Å². The van der Waals surface area contributed by atoms with Crippen LogP contribution in [0.3, 0.4) is 0 Å². The summed E-state index contributed by atoms with van der Waals surface area (Å²) in [5.74, 6) is -2.56. The molecule has 0 bridgehead atoms. The number of Topliss-reactive ketones (excluding diaryl/α,β-unsaturated/α-hetero) is 2. The van der Waals surface area contributed by atoms with E-state index in [9.17, 15) is 14.4 Å². The van der Waals surface area contributed by atoms with Crippen LogP contribution in [0.2, 0.25) is 0 Å². The fourth-order valence-electron chi connectivity index (χ4n) is 4.44. The van der Waals surface area contributed by atoms with E-state index in [1.165, 1.54) is 4.90 Å². The second-order valence-electron chi connectivity index (χ2n) is 9.96. The molecule has 0 N–H and O–H groups in total. The number of benzene rings is 1. The van der Waals surface area contributed by atoms with Gasteiger partial charge in [0, 0.05) is 31.0 Å². The van der Waals surface area contributed by atoms with Gasteiger partial charge in [0.2, 0.25) is 11.7 Å². The molecule has 0 radical (unpaired) electrons. The Balaban J connectivity index is 1.79. The maximum atomic E-state index is 13.5. The van der Waals surface area contributed by atoms with E-state index in [1.54, 1.807) is 36.8 Å². The number of nitrogens with zero attached hydrogens (tertiary/aromatic N) is 2. The highest BCUT2D eigenvalue weighted by Crippen LogP contribution is 2.44. The number of amides is 1. The molecule has 1 aliphatic rings. The first kappa shape index (κ1) is 25.7. The van der Waals surface area contributed by atoms with E-state index in [2.05, 4.69) is 4.98 Å². The average molecular weight is 507 g/mol. The summed E-state index contributed by atoms with van der Waals surface area (Å²) in [5.41, 5.74) is 2.79. The number of ether oxygens (including phenoxy) is 2. The topological polar surface area (TPSA) is 85.8 Å². The molecule has 1 aromatic carbocycles. The number of pyridine rings is 1. The van der Waals surface area contributed by atoms with E-state index in [0.29, 0.717) is 17.9 Å². The molecular weight excluding hydrogens is 476 g/mol. The van der Waals surface area contributed by atoms with Gasteiger partial charge in [0.1, 0.15) is 18.3 Å². The van der Waals surface area contributed by atoms with Crippen molar-refractivity contribution in [3.63, 3.8) is 0 Å². The third kappa shape index (κ3) is 5.39. The van der Waals surface area contributed by atoms with Crippen molar-refractivity contribution in [2.45, 2.75) is 33.2 Å². The quantitative estimate of drug-likeness (QED) is 0.228. The fourth-order valence-corrected chi connectivity index (χ4v) is 5.10. The van der Waals surface area contributed by atoms with Crippen LogP contribution in [0.25, 0.3) is 11.1 Å². The summed E-state index contributed by atoms with van der Waals surface area (Å²) < 4.78 is 10.9. The molecule has 1 amide bonds. The minimum atomic E-state index is -1.15. The summed E-state index contributed by atoms with van der Waals surface area (Å²) in [5, 5.41) is 4.05. The Bertz CT molecular complexity index is 1230. The Morgan fingerprint density at radius 3 is 2.44 bits per heavy atom. The van der Waals surface area contributed by atoms with Crippen LogP contribution in [-0.2, 0) is 19.1 Å². The van der Waals surface area contributed by atoms with Crippen LogP contribution in [0, 0.1) is 11.3 Å². The predicted octanol–water partition coefficient (Wildman–Crippen LogP) is 5.11. The maximum absolute atomic E-state index is 13.5. The first-order chi connectivity index (χ1) is 17.2. The molecule has 1 saturated heterocycles. The van der Waals surface area contributed by atoms with Crippen LogP contribution in [0.4, 0.5) is 5.69 Å². The van der Waals surface area contributed by atoms with Gasteiger partial charge in [-0.25, -0.2) is 4.98 Å². The molecule has 0 spiro atoms. The second-order valence-corrected chi connectivity index (χ2v) is 10.7. The van der Waals surface area contributed by atoms with Gasteiger partial charge in [-0.3, -0.25) is 19.3 Å². The maximum Gasteiger partial charge on any atom is 0.295 e. The Hall–Kier alpha value is -3.36. The monoisotopic (exact) mass is 506 g/mol. The first-order valence-corrected chi connectivity index (χ1v) is 12.7. The van der Waals surface area contributed by atoms with E-state index in [0.717, 1.165) is 11.1 Å². The van der Waals surface area contributed by atoms with Crippen LogP contribution in [0.15, 0.2) is 59.4 Å². The summed E-state index contributed by atoms with van der Waals surface area (Å²) in [7, 11) is 1.57. The molecule has 0 saturated carbocycles. The summed E-state index contributed by atoms with van der Waals surface area (Å²) >= 11 is 1.60. The molecule has 1 aliphatic heterocycles. The number of ketones is 2. The van der Waals surface area contributed by atoms with Gasteiger partial charge < -0.3 is 9.47 Å². The number of methoxy groups -OCH3 is 1. The summed E-state index contributed by atoms with van der Waals surface area (Å²) in [6, 6.07) is 12.1. The lowest BCUT2D eigenvalue weighted by Gasteiger charge is -2.29. The molecule has 1 fully saturated rings. The SMILES string of the molecule is COCCOc1ncccc1C1C(C(=O)CC(C)(C)C)C(=O)C(=O)N1c1ccc(-c2ccsc2)cc1. The predicted molar refractivity (Wildman–Crippen MR) is 139 cm³/mol. The molecule has 3 heterocycles. The van der Waals surface area contributed by atoms with E-state index < -0.39 is 23.7 Å². The van der Waals surface area contributed by atoms with Crippen LogP contribution in [0.5, 0.6) is 5.88 Å². The van der Waals surface area contributed by atoms with Crippen molar-refractivity contribution in [2.24, 2.45) is 11.3 Å². The van der Waals surface area contributed by atoms with E-state index >= 15 is 0 Å². The number of carbonyl (C=O) groups excluding carboxylic acids is 3. The Labute approximate surface area is 215 Å². The van der Waals surface area contributed by atoms with Gasteiger partial charge in [-0.1, -0.05) is 32.9 Å². The van der Waals surface area contributed by atoms with Crippen molar-refractivity contribution in [2.75, 3.05) is 25.2 Å². The summed E-state index contributed by atoms with van der Waals surface area (Å²) in [4.78, 5) is 46.0. The molecule has 8 heteroatoms. The second kappa shape index (κ2) is 10.7. The van der Waals surface area contributed by atoms with Crippen molar-refractivity contribution < 1.29 is 23.9 Å². The van der Waals surface area contributed by atoms with Crippen LogP contribution in [0.1, 0.15) is 38.8 Å². The normalized spacial score (nSPS) is 18.1. The third-order valence-corrected chi connectivity index (χ3v) is 6.69. The van der Waals surface area contributed by atoms with Crippen molar-refractivity contribution in [1.29, 1.82) is 0 Å². The van der Waals surface area contributed by atoms with Crippen molar-refractivity contribution in [1.82, 2.24) is 4.98 Å². The minimum absolute atomic E-state index is 0.165. The molecular formula is C28H30N2O5S. The third-order valence-electron chi connectivity index (χ3n) is 6.00. The van der Waals surface area contributed by atoms with Crippen LogP contribution < -0.4 is 9.64 Å². The van der Waals surface area contributed by atoms with Gasteiger partial charge >= 0.3 is 0 Å². The van der Waals surface area contributed by atoms with Gasteiger partial charge in [0.15, 0.2) is 0 Å². The number of carbonyl (C=O) groups is 3. The molecule has 188 valence electrons. The number of aromatic nitrogens is 1. The average Bonchev–Trinajstić information content (AvgIpc) is 3.46. The summed E-state index contributed by atoms with van der Waals surface area (Å²) in [6.45, 7) is 6.39.